The second-order valence-corrected chi connectivity index (χ2v) is 4.68. The van der Waals surface area contributed by atoms with Crippen LogP contribution in [0.2, 0.25) is 0 Å². The molecule has 0 aromatic heterocycles. The van der Waals surface area contributed by atoms with Gasteiger partial charge in [0.2, 0.25) is 0 Å². The van der Waals surface area contributed by atoms with Crippen LogP contribution in [0.3, 0.4) is 0 Å². The number of alkyl halides is 1. The Balaban J connectivity index is 0. The third-order valence-electron chi connectivity index (χ3n) is 0.856. The van der Waals surface area contributed by atoms with E-state index < -0.39 is 10.3 Å². The standard InChI is InChI=1S/C4H7BrO2.C4H8O2/c1-4(2,5)3(6)7;1-3-6-4(2)5/h1-2H3,(H,6,7);3H2,1-2H3. The molecule has 0 aliphatic carbocycles. The maximum Gasteiger partial charge on any atom is 0.319 e. The summed E-state index contributed by atoms with van der Waals surface area (Å²) in [5.74, 6) is -1.05. The zero-order valence-corrected chi connectivity index (χ0v) is 9.84. The maximum atomic E-state index is 9.97. The van der Waals surface area contributed by atoms with E-state index in [0.717, 1.165) is 0 Å². The summed E-state index contributed by atoms with van der Waals surface area (Å²) in [5.41, 5.74) is 0. The number of ether oxygens (including phenoxy) is 1. The zero-order chi connectivity index (χ0) is 11.1. The molecule has 0 unspecified atom stereocenters. The van der Waals surface area contributed by atoms with Gasteiger partial charge in [0.05, 0.1) is 6.61 Å². The molecule has 0 aromatic rings. The second-order valence-electron chi connectivity index (χ2n) is 2.70. The van der Waals surface area contributed by atoms with Gasteiger partial charge in [0.15, 0.2) is 0 Å². The molecule has 0 radical (unpaired) electrons. The highest BCUT2D eigenvalue weighted by atomic mass is 79.9. The topological polar surface area (TPSA) is 63.6 Å². The summed E-state index contributed by atoms with van der Waals surface area (Å²) < 4.78 is 3.63. The minimum atomic E-state index is -0.840. The van der Waals surface area contributed by atoms with Gasteiger partial charge < -0.3 is 9.84 Å². The van der Waals surface area contributed by atoms with Gasteiger partial charge in [0.25, 0.3) is 0 Å². The van der Waals surface area contributed by atoms with Crippen LogP contribution >= 0.6 is 15.9 Å². The Morgan fingerprint density at radius 2 is 1.77 bits per heavy atom. The average molecular weight is 255 g/mol. The van der Waals surface area contributed by atoms with E-state index in [1.807, 2.05) is 0 Å². The zero-order valence-electron chi connectivity index (χ0n) is 8.26. The summed E-state index contributed by atoms with van der Waals surface area (Å²) >= 11 is 2.94. The lowest BCUT2D eigenvalue weighted by atomic mass is 10.2. The van der Waals surface area contributed by atoms with Gasteiger partial charge in [-0.05, 0) is 20.8 Å². The van der Waals surface area contributed by atoms with Crippen LogP contribution in [0.15, 0.2) is 0 Å². The first-order valence-electron chi connectivity index (χ1n) is 3.77. The van der Waals surface area contributed by atoms with Crippen LogP contribution in [0.5, 0.6) is 0 Å². The monoisotopic (exact) mass is 254 g/mol. The van der Waals surface area contributed by atoms with Crippen LogP contribution in [0.25, 0.3) is 0 Å². The minimum absolute atomic E-state index is 0.211. The second kappa shape index (κ2) is 6.88. The van der Waals surface area contributed by atoms with Crippen molar-refractivity contribution in [3.63, 3.8) is 0 Å². The lowest BCUT2D eigenvalue weighted by molar-refractivity contribution is -0.140. The molecular weight excluding hydrogens is 240 g/mol. The van der Waals surface area contributed by atoms with E-state index in [1.54, 1.807) is 20.8 Å². The molecule has 1 N–H and O–H groups in total. The Morgan fingerprint density at radius 3 is 1.77 bits per heavy atom. The Morgan fingerprint density at radius 1 is 1.46 bits per heavy atom. The molecule has 0 aliphatic heterocycles. The van der Waals surface area contributed by atoms with E-state index in [0.29, 0.717) is 6.61 Å². The van der Waals surface area contributed by atoms with Crippen molar-refractivity contribution in [1.82, 2.24) is 0 Å². The van der Waals surface area contributed by atoms with E-state index in [9.17, 15) is 9.59 Å². The molecule has 0 rings (SSSR count). The van der Waals surface area contributed by atoms with E-state index in [-0.39, 0.29) is 5.97 Å². The maximum absolute atomic E-state index is 9.97. The van der Waals surface area contributed by atoms with E-state index in [1.165, 1.54) is 6.92 Å². The summed E-state index contributed by atoms with van der Waals surface area (Å²) in [6, 6.07) is 0. The molecule has 0 amide bonds. The molecule has 0 aliphatic rings. The lowest BCUT2D eigenvalue weighted by Gasteiger charge is -2.06. The first kappa shape index (κ1) is 14.9. The molecule has 5 heteroatoms. The van der Waals surface area contributed by atoms with Gasteiger partial charge in [-0.25, -0.2) is 0 Å². The summed E-state index contributed by atoms with van der Waals surface area (Å²) in [7, 11) is 0. The van der Waals surface area contributed by atoms with Crippen LogP contribution in [0.1, 0.15) is 27.7 Å². The molecule has 13 heavy (non-hydrogen) atoms. The summed E-state index contributed by atoms with van der Waals surface area (Å²) in [5, 5.41) is 8.20. The summed E-state index contributed by atoms with van der Waals surface area (Å²) in [6.07, 6.45) is 0. The fraction of sp³-hybridized carbons (Fsp3) is 0.750. The third-order valence-corrected chi connectivity index (χ3v) is 1.20. The first-order valence-corrected chi connectivity index (χ1v) is 4.56. The number of hydrogen-bond donors (Lipinski definition) is 1. The number of rotatable bonds is 2. The van der Waals surface area contributed by atoms with Crippen LogP contribution in [0, 0.1) is 0 Å². The lowest BCUT2D eigenvalue weighted by Crippen LogP contribution is -2.22. The molecule has 0 bridgehead atoms. The number of aliphatic carboxylic acids is 1. The van der Waals surface area contributed by atoms with Crippen molar-refractivity contribution in [2.24, 2.45) is 0 Å². The number of carbonyl (C=O) groups excluding carboxylic acids is 1. The van der Waals surface area contributed by atoms with E-state index in [2.05, 4.69) is 20.7 Å². The highest BCUT2D eigenvalue weighted by Crippen LogP contribution is 2.14. The molecule has 0 fully saturated rings. The molecule has 0 saturated heterocycles. The minimum Gasteiger partial charge on any atom is -0.480 e. The SMILES string of the molecule is CC(C)(Br)C(=O)O.CCOC(C)=O. The van der Waals surface area contributed by atoms with E-state index in [4.69, 9.17) is 5.11 Å². The van der Waals surface area contributed by atoms with Crippen molar-refractivity contribution in [3.05, 3.63) is 0 Å². The molecule has 78 valence electrons. The smallest absolute Gasteiger partial charge is 0.319 e. The van der Waals surface area contributed by atoms with E-state index >= 15 is 0 Å². The summed E-state index contributed by atoms with van der Waals surface area (Å²) in [4.78, 5) is 19.8. The normalized spacial score (nSPS) is 9.62. The van der Waals surface area contributed by atoms with Crippen molar-refractivity contribution in [3.8, 4) is 0 Å². The molecular formula is C8H15BrO4. The van der Waals surface area contributed by atoms with Crippen molar-refractivity contribution >= 4 is 27.9 Å². The number of halogens is 1. The third kappa shape index (κ3) is 14.3. The van der Waals surface area contributed by atoms with Crippen molar-refractivity contribution < 1.29 is 19.4 Å². The van der Waals surface area contributed by atoms with Crippen LogP contribution in [0.4, 0.5) is 0 Å². The Kier molecular flexibility index (Phi) is 7.90. The molecule has 4 nitrogen and oxygen atoms in total. The number of esters is 1. The van der Waals surface area contributed by atoms with Gasteiger partial charge in [-0.2, -0.15) is 0 Å². The van der Waals surface area contributed by atoms with Crippen molar-refractivity contribution in [2.75, 3.05) is 6.61 Å². The molecule has 0 atom stereocenters. The quantitative estimate of drug-likeness (QED) is 0.603. The predicted octanol–water partition coefficient (Wildman–Crippen LogP) is 1.81. The molecule has 0 spiro atoms. The number of hydrogen-bond acceptors (Lipinski definition) is 3. The van der Waals surface area contributed by atoms with Gasteiger partial charge in [-0.15, -0.1) is 0 Å². The molecule has 0 saturated carbocycles. The molecule has 0 aromatic carbocycles. The number of carboxylic acids is 1. The van der Waals surface area contributed by atoms with Gasteiger partial charge >= 0.3 is 11.9 Å². The average Bonchev–Trinajstić information content (AvgIpc) is 1.85. The van der Waals surface area contributed by atoms with Gasteiger partial charge in [0, 0.05) is 6.92 Å². The van der Waals surface area contributed by atoms with Crippen LogP contribution in [-0.4, -0.2) is 28.0 Å². The Bertz CT molecular complexity index is 171. The van der Waals surface area contributed by atoms with Crippen LogP contribution < -0.4 is 0 Å². The fourth-order valence-corrected chi connectivity index (χ4v) is 0.203. The fourth-order valence-electron chi connectivity index (χ4n) is 0.203. The summed E-state index contributed by atoms with van der Waals surface area (Å²) in [6.45, 7) is 6.81. The highest BCUT2D eigenvalue weighted by Gasteiger charge is 2.21. The van der Waals surface area contributed by atoms with Gasteiger partial charge in [0.1, 0.15) is 4.32 Å². The van der Waals surface area contributed by atoms with Gasteiger partial charge in [-0.3, -0.25) is 9.59 Å². The number of carboxylic acid groups (broad SMARTS) is 1. The number of carbonyl (C=O) groups is 2. The Labute approximate surface area is 86.4 Å². The largest absolute Gasteiger partial charge is 0.480 e. The van der Waals surface area contributed by atoms with Crippen LogP contribution in [-0.2, 0) is 14.3 Å². The molecule has 0 heterocycles. The van der Waals surface area contributed by atoms with Crippen molar-refractivity contribution in [2.45, 2.75) is 32.0 Å². The predicted molar refractivity (Wildman–Crippen MR) is 52.9 cm³/mol. The first-order chi connectivity index (χ1) is 5.71. The highest BCUT2D eigenvalue weighted by molar-refractivity contribution is 9.10. The van der Waals surface area contributed by atoms with Crippen molar-refractivity contribution in [1.29, 1.82) is 0 Å². The van der Waals surface area contributed by atoms with Gasteiger partial charge in [-0.1, -0.05) is 15.9 Å². The Hall–Kier alpha value is -0.580.